The van der Waals surface area contributed by atoms with Crippen LogP contribution >= 0.6 is 0 Å². The molecule has 6 nitrogen and oxygen atoms in total. The second-order valence-corrected chi connectivity index (χ2v) is 9.38. The van der Waals surface area contributed by atoms with Gasteiger partial charge < -0.3 is 5.73 Å². The molecule has 3 N–H and O–H groups in total. The SMILES string of the molecule is CCCCC(CN)NS(=O)(=O)C1CCS(=O)(=O)CC1. The van der Waals surface area contributed by atoms with Gasteiger partial charge >= 0.3 is 0 Å². The van der Waals surface area contributed by atoms with Crippen molar-refractivity contribution in [2.45, 2.75) is 50.3 Å². The van der Waals surface area contributed by atoms with E-state index < -0.39 is 25.1 Å². The lowest BCUT2D eigenvalue weighted by molar-refractivity contribution is 0.500. The fraction of sp³-hybridized carbons (Fsp3) is 1.00. The zero-order chi connectivity index (χ0) is 14.5. The van der Waals surface area contributed by atoms with Gasteiger partial charge in [-0.1, -0.05) is 19.8 Å². The Labute approximate surface area is 116 Å². The van der Waals surface area contributed by atoms with E-state index in [1.54, 1.807) is 0 Å². The van der Waals surface area contributed by atoms with Crippen LogP contribution in [0.2, 0.25) is 0 Å². The third-order valence-corrected chi connectivity index (χ3v) is 7.19. The van der Waals surface area contributed by atoms with E-state index in [-0.39, 0.29) is 36.9 Å². The Hall–Kier alpha value is -0.180. The number of rotatable bonds is 7. The number of sulfone groups is 1. The summed E-state index contributed by atoms with van der Waals surface area (Å²) in [5.74, 6) is -0.0817. The zero-order valence-corrected chi connectivity index (χ0v) is 13.0. The predicted molar refractivity (Wildman–Crippen MR) is 76.1 cm³/mol. The lowest BCUT2D eigenvalue weighted by Crippen LogP contribution is -2.46. The van der Waals surface area contributed by atoms with Gasteiger partial charge in [0.25, 0.3) is 0 Å². The van der Waals surface area contributed by atoms with E-state index in [2.05, 4.69) is 4.72 Å². The van der Waals surface area contributed by atoms with Gasteiger partial charge in [-0.15, -0.1) is 0 Å². The van der Waals surface area contributed by atoms with Gasteiger partial charge in [-0.2, -0.15) is 0 Å². The van der Waals surface area contributed by atoms with Crippen LogP contribution < -0.4 is 10.5 Å². The van der Waals surface area contributed by atoms with Crippen molar-refractivity contribution in [3.8, 4) is 0 Å². The molecular formula is C11H24N2O4S2. The van der Waals surface area contributed by atoms with Gasteiger partial charge in [0.05, 0.1) is 16.8 Å². The molecule has 0 radical (unpaired) electrons. The quantitative estimate of drug-likeness (QED) is 0.688. The molecule has 0 spiro atoms. The van der Waals surface area contributed by atoms with E-state index >= 15 is 0 Å². The maximum atomic E-state index is 12.2. The molecule has 0 amide bonds. The second kappa shape index (κ2) is 7.01. The van der Waals surface area contributed by atoms with E-state index in [4.69, 9.17) is 5.73 Å². The topological polar surface area (TPSA) is 106 Å². The van der Waals surface area contributed by atoms with Crippen LogP contribution in [0.25, 0.3) is 0 Å². The number of nitrogens with two attached hydrogens (primary N) is 1. The summed E-state index contributed by atoms with van der Waals surface area (Å²) in [6.07, 6.45) is 2.99. The molecule has 1 aliphatic heterocycles. The first-order chi connectivity index (χ1) is 8.80. The van der Waals surface area contributed by atoms with Crippen LogP contribution in [-0.2, 0) is 19.9 Å². The minimum Gasteiger partial charge on any atom is -0.329 e. The molecule has 1 atom stereocenters. The summed E-state index contributed by atoms with van der Waals surface area (Å²) in [4.78, 5) is 0. The number of hydrogen-bond donors (Lipinski definition) is 2. The minimum atomic E-state index is -3.47. The van der Waals surface area contributed by atoms with Gasteiger partial charge in [0.1, 0.15) is 9.84 Å². The second-order valence-electron chi connectivity index (χ2n) is 5.09. The lowest BCUT2D eigenvalue weighted by Gasteiger charge is -2.25. The van der Waals surface area contributed by atoms with Gasteiger partial charge in [-0.3, -0.25) is 0 Å². The fourth-order valence-electron chi connectivity index (χ4n) is 2.18. The molecule has 1 aliphatic rings. The normalized spacial score (nSPS) is 22.2. The van der Waals surface area contributed by atoms with Crippen molar-refractivity contribution in [2.75, 3.05) is 18.1 Å². The summed E-state index contributed by atoms with van der Waals surface area (Å²) < 4.78 is 49.6. The molecule has 0 bridgehead atoms. The summed E-state index contributed by atoms with van der Waals surface area (Å²) in [5, 5.41) is -0.605. The molecule has 0 saturated carbocycles. The van der Waals surface area contributed by atoms with Crippen LogP contribution in [0, 0.1) is 0 Å². The molecule has 1 saturated heterocycles. The molecule has 1 heterocycles. The van der Waals surface area contributed by atoms with Crippen LogP contribution in [-0.4, -0.2) is 46.2 Å². The first-order valence-electron chi connectivity index (χ1n) is 6.72. The lowest BCUT2D eigenvalue weighted by atomic mass is 10.1. The Morgan fingerprint density at radius 1 is 1.32 bits per heavy atom. The van der Waals surface area contributed by atoms with Crippen LogP contribution in [0.15, 0.2) is 0 Å². The Morgan fingerprint density at radius 2 is 1.89 bits per heavy atom. The highest BCUT2D eigenvalue weighted by molar-refractivity contribution is 7.92. The minimum absolute atomic E-state index is 0.0408. The standard InChI is InChI=1S/C11H24N2O4S2/c1-2-3-4-10(9-12)13-19(16,17)11-5-7-18(14,15)8-6-11/h10-11,13H,2-9,12H2,1H3. The summed E-state index contributed by atoms with van der Waals surface area (Å²) >= 11 is 0. The van der Waals surface area contributed by atoms with Crippen LogP contribution in [0.5, 0.6) is 0 Å². The van der Waals surface area contributed by atoms with Gasteiger partial charge in [0, 0.05) is 12.6 Å². The summed E-state index contributed by atoms with van der Waals surface area (Å²) in [6, 6.07) is -0.247. The van der Waals surface area contributed by atoms with Gasteiger partial charge in [-0.05, 0) is 19.3 Å². The molecule has 8 heteroatoms. The zero-order valence-electron chi connectivity index (χ0n) is 11.3. The molecule has 1 unspecified atom stereocenters. The first kappa shape index (κ1) is 16.9. The molecule has 0 aromatic rings. The van der Waals surface area contributed by atoms with E-state index in [0.29, 0.717) is 0 Å². The van der Waals surface area contributed by atoms with Crippen molar-refractivity contribution in [1.29, 1.82) is 0 Å². The van der Waals surface area contributed by atoms with Gasteiger partial charge in [0.2, 0.25) is 10.0 Å². The Bertz CT molecular complexity index is 459. The highest BCUT2D eigenvalue weighted by Crippen LogP contribution is 2.19. The maximum Gasteiger partial charge on any atom is 0.214 e. The molecular weight excluding hydrogens is 288 g/mol. The molecule has 0 aromatic heterocycles. The number of unbranched alkanes of at least 4 members (excludes halogenated alkanes) is 1. The molecule has 19 heavy (non-hydrogen) atoms. The highest BCUT2D eigenvalue weighted by Gasteiger charge is 2.33. The average Bonchev–Trinajstić information content (AvgIpc) is 2.33. The molecule has 114 valence electrons. The van der Waals surface area contributed by atoms with Crippen molar-refractivity contribution in [3.63, 3.8) is 0 Å². The smallest absolute Gasteiger partial charge is 0.214 e. The van der Waals surface area contributed by atoms with Crippen LogP contribution in [0.4, 0.5) is 0 Å². The highest BCUT2D eigenvalue weighted by atomic mass is 32.2. The third-order valence-electron chi connectivity index (χ3n) is 3.46. The predicted octanol–water partition coefficient (Wildman–Crippen LogP) is 0.000500. The van der Waals surface area contributed by atoms with Crippen LogP contribution in [0.3, 0.4) is 0 Å². The van der Waals surface area contributed by atoms with Crippen molar-refractivity contribution in [3.05, 3.63) is 0 Å². The summed E-state index contributed by atoms with van der Waals surface area (Å²) in [5.41, 5.74) is 5.57. The van der Waals surface area contributed by atoms with Crippen molar-refractivity contribution >= 4 is 19.9 Å². The first-order valence-corrected chi connectivity index (χ1v) is 10.1. The molecule has 1 rings (SSSR count). The number of nitrogens with one attached hydrogen (secondary N) is 1. The summed E-state index contributed by atoms with van der Waals surface area (Å²) in [6.45, 7) is 2.30. The average molecular weight is 312 g/mol. The number of hydrogen-bond acceptors (Lipinski definition) is 5. The molecule has 0 aliphatic carbocycles. The maximum absolute atomic E-state index is 12.2. The van der Waals surface area contributed by atoms with E-state index in [9.17, 15) is 16.8 Å². The Balaban J connectivity index is 2.60. The van der Waals surface area contributed by atoms with Gasteiger partial charge in [-0.25, -0.2) is 21.6 Å². The number of sulfonamides is 1. The van der Waals surface area contributed by atoms with Crippen molar-refractivity contribution in [2.24, 2.45) is 5.73 Å². The van der Waals surface area contributed by atoms with Crippen LogP contribution in [0.1, 0.15) is 39.0 Å². The third kappa shape index (κ3) is 5.37. The van der Waals surface area contributed by atoms with Gasteiger partial charge in [0.15, 0.2) is 0 Å². The largest absolute Gasteiger partial charge is 0.329 e. The van der Waals surface area contributed by atoms with Crippen molar-refractivity contribution in [1.82, 2.24) is 4.72 Å². The van der Waals surface area contributed by atoms with E-state index in [1.807, 2.05) is 6.92 Å². The molecule has 1 fully saturated rings. The summed E-state index contributed by atoms with van der Waals surface area (Å²) in [7, 11) is -6.51. The van der Waals surface area contributed by atoms with Crippen molar-refractivity contribution < 1.29 is 16.8 Å². The Morgan fingerprint density at radius 3 is 2.37 bits per heavy atom. The molecule has 0 aromatic carbocycles. The monoisotopic (exact) mass is 312 g/mol. The fourth-order valence-corrected chi connectivity index (χ4v) is 5.70. The van der Waals surface area contributed by atoms with E-state index in [0.717, 1.165) is 19.3 Å². The Kier molecular flexibility index (Phi) is 6.22. The van der Waals surface area contributed by atoms with E-state index in [1.165, 1.54) is 0 Å².